The standard InChI is InChI=1S/C8H12N2O6S/c1-5-2-6(4-11)9-3-7(5)10(8(9)12)16-17(13,14)15/h2,6-7,11H,3-4H2,1H3,(H,13,14,15). The van der Waals surface area contributed by atoms with Crippen LogP contribution in [0.25, 0.3) is 0 Å². The van der Waals surface area contributed by atoms with Crippen molar-refractivity contribution in [2.75, 3.05) is 13.2 Å². The summed E-state index contributed by atoms with van der Waals surface area (Å²) in [5, 5.41) is 9.71. The molecule has 9 heteroatoms. The van der Waals surface area contributed by atoms with Gasteiger partial charge in [0.15, 0.2) is 0 Å². The molecule has 0 aliphatic carbocycles. The Morgan fingerprint density at radius 3 is 2.76 bits per heavy atom. The van der Waals surface area contributed by atoms with Gasteiger partial charge in [0, 0.05) is 0 Å². The summed E-state index contributed by atoms with van der Waals surface area (Å²) in [6.07, 6.45) is 1.67. The molecular formula is C8H12N2O6S. The smallest absolute Gasteiger partial charge is 0.394 e. The number of hydrogen-bond acceptors (Lipinski definition) is 5. The molecule has 17 heavy (non-hydrogen) atoms. The maximum atomic E-state index is 11.8. The van der Waals surface area contributed by atoms with Crippen molar-refractivity contribution in [3.8, 4) is 0 Å². The van der Waals surface area contributed by atoms with Gasteiger partial charge in [-0.3, -0.25) is 4.55 Å². The Bertz CT molecular complexity index is 472. The van der Waals surface area contributed by atoms with E-state index in [4.69, 9.17) is 9.66 Å². The second kappa shape index (κ2) is 3.95. The van der Waals surface area contributed by atoms with Crippen LogP contribution in [0, 0.1) is 0 Å². The second-order valence-corrected chi connectivity index (χ2v) is 4.94. The average molecular weight is 264 g/mol. The summed E-state index contributed by atoms with van der Waals surface area (Å²) in [6.45, 7) is 1.67. The first-order valence-electron chi connectivity index (χ1n) is 4.89. The Morgan fingerprint density at radius 2 is 2.24 bits per heavy atom. The van der Waals surface area contributed by atoms with Crippen LogP contribution in [0.3, 0.4) is 0 Å². The molecule has 0 radical (unpaired) electrons. The molecule has 96 valence electrons. The van der Waals surface area contributed by atoms with Crippen LogP contribution in [0.15, 0.2) is 11.6 Å². The van der Waals surface area contributed by atoms with E-state index in [-0.39, 0.29) is 13.2 Å². The molecule has 0 aromatic carbocycles. The van der Waals surface area contributed by atoms with Gasteiger partial charge in [-0.25, -0.2) is 4.79 Å². The van der Waals surface area contributed by atoms with E-state index in [1.54, 1.807) is 13.0 Å². The summed E-state index contributed by atoms with van der Waals surface area (Å²) in [5.41, 5.74) is 0.704. The number of aliphatic hydroxyl groups excluding tert-OH is 1. The van der Waals surface area contributed by atoms with Crippen LogP contribution in [0.1, 0.15) is 6.92 Å². The minimum Gasteiger partial charge on any atom is -0.394 e. The molecule has 0 aromatic rings. The highest BCUT2D eigenvalue weighted by molar-refractivity contribution is 7.80. The largest absolute Gasteiger partial charge is 0.418 e. The highest BCUT2D eigenvalue weighted by Crippen LogP contribution is 2.30. The lowest BCUT2D eigenvalue weighted by Gasteiger charge is -2.26. The lowest BCUT2D eigenvalue weighted by atomic mass is 10.0. The molecular weight excluding hydrogens is 252 g/mol. The molecule has 1 fully saturated rings. The maximum absolute atomic E-state index is 11.8. The van der Waals surface area contributed by atoms with Gasteiger partial charge in [-0.2, -0.15) is 13.5 Å². The van der Waals surface area contributed by atoms with E-state index in [0.717, 1.165) is 0 Å². The summed E-state index contributed by atoms with van der Waals surface area (Å²) in [6, 6.07) is -1.75. The lowest BCUT2D eigenvalue weighted by Crippen LogP contribution is -2.40. The zero-order valence-corrected chi connectivity index (χ0v) is 9.79. The zero-order valence-electron chi connectivity index (χ0n) is 8.98. The van der Waals surface area contributed by atoms with Crippen LogP contribution in [-0.4, -0.2) is 59.3 Å². The van der Waals surface area contributed by atoms with Crippen molar-refractivity contribution >= 4 is 16.4 Å². The van der Waals surface area contributed by atoms with Crippen LogP contribution in [0.5, 0.6) is 0 Å². The number of amides is 2. The molecule has 0 aromatic heterocycles. The molecule has 0 spiro atoms. The Hall–Kier alpha value is -1.16. The molecule has 2 aliphatic heterocycles. The molecule has 2 aliphatic rings. The molecule has 1 saturated heterocycles. The molecule has 2 bridgehead atoms. The van der Waals surface area contributed by atoms with Gasteiger partial charge >= 0.3 is 16.4 Å². The van der Waals surface area contributed by atoms with Crippen LogP contribution in [0.4, 0.5) is 4.79 Å². The quantitative estimate of drug-likeness (QED) is 0.507. The highest BCUT2D eigenvalue weighted by atomic mass is 32.3. The molecule has 0 saturated carbocycles. The van der Waals surface area contributed by atoms with Crippen molar-refractivity contribution < 1.29 is 27.2 Å². The number of nitrogens with zero attached hydrogens (tertiary/aromatic N) is 2. The number of rotatable bonds is 3. The predicted octanol–water partition coefficient (Wildman–Crippen LogP) is -0.852. The van der Waals surface area contributed by atoms with Crippen molar-refractivity contribution in [2.24, 2.45) is 0 Å². The van der Waals surface area contributed by atoms with Gasteiger partial charge in [-0.05, 0) is 12.5 Å². The number of carbonyl (C=O) groups excluding carboxylic acids is 1. The topological polar surface area (TPSA) is 107 Å². The molecule has 2 N–H and O–H groups in total. The Kier molecular flexibility index (Phi) is 2.86. The number of urea groups is 1. The van der Waals surface area contributed by atoms with Crippen molar-refractivity contribution in [1.29, 1.82) is 0 Å². The van der Waals surface area contributed by atoms with Gasteiger partial charge in [0.1, 0.15) is 6.04 Å². The number of hydroxylamine groups is 2. The van der Waals surface area contributed by atoms with Gasteiger partial charge in [0.25, 0.3) is 0 Å². The van der Waals surface area contributed by atoms with Crippen LogP contribution in [-0.2, 0) is 14.7 Å². The summed E-state index contributed by atoms with van der Waals surface area (Å²) < 4.78 is 34.1. The van der Waals surface area contributed by atoms with Crippen molar-refractivity contribution in [2.45, 2.75) is 19.0 Å². The number of aliphatic hydroxyl groups is 1. The van der Waals surface area contributed by atoms with Crippen LogP contribution >= 0.6 is 0 Å². The van der Waals surface area contributed by atoms with Crippen molar-refractivity contribution in [1.82, 2.24) is 9.96 Å². The van der Waals surface area contributed by atoms with Gasteiger partial charge < -0.3 is 10.0 Å². The van der Waals surface area contributed by atoms with Crippen LogP contribution < -0.4 is 0 Å². The fraction of sp³-hybridized carbons (Fsp3) is 0.625. The first-order valence-corrected chi connectivity index (χ1v) is 6.26. The summed E-state index contributed by atoms with van der Waals surface area (Å²) in [7, 11) is -4.74. The fourth-order valence-electron chi connectivity index (χ4n) is 2.05. The Labute approximate surface area is 98.0 Å². The monoisotopic (exact) mass is 264 g/mol. The van der Waals surface area contributed by atoms with Gasteiger partial charge in [0.2, 0.25) is 0 Å². The van der Waals surface area contributed by atoms with Gasteiger partial charge in [0.05, 0.1) is 19.2 Å². The zero-order chi connectivity index (χ0) is 12.8. The SMILES string of the molecule is CC1=CC(CO)N2CC1N(OS(=O)(=O)O)C2=O. The lowest BCUT2D eigenvalue weighted by molar-refractivity contribution is -0.0213. The van der Waals surface area contributed by atoms with Crippen molar-refractivity contribution in [3.05, 3.63) is 11.6 Å². The molecule has 2 unspecified atom stereocenters. The predicted molar refractivity (Wildman–Crippen MR) is 55.0 cm³/mol. The Balaban J connectivity index is 2.29. The molecule has 2 amide bonds. The third-order valence-electron chi connectivity index (χ3n) is 2.83. The maximum Gasteiger partial charge on any atom is 0.418 e. The molecule has 2 atom stereocenters. The van der Waals surface area contributed by atoms with E-state index in [2.05, 4.69) is 4.28 Å². The third kappa shape index (κ3) is 2.14. The van der Waals surface area contributed by atoms with E-state index < -0.39 is 28.5 Å². The van der Waals surface area contributed by atoms with E-state index in [1.165, 1.54) is 4.90 Å². The van der Waals surface area contributed by atoms with E-state index in [1.807, 2.05) is 0 Å². The fourth-order valence-corrected chi connectivity index (χ4v) is 2.42. The summed E-state index contributed by atoms with van der Waals surface area (Å²) >= 11 is 0. The van der Waals surface area contributed by atoms with E-state index >= 15 is 0 Å². The molecule has 2 rings (SSSR count). The molecule has 2 heterocycles. The number of fused-ring (bicyclic) bond motifs is 2. The first-order chi connectivity index (χ1) is 7.83. The van der Waals surface area contributed by atoms with Gasteiger partial charge in [-0.15, -0.1) is 4.28 Å². The van der Waals surface area contributed by atoms with Gasteiger partial charge in [-0.1, -0.05) is 6.08 Å². The highest BCUT2D eigenvalue weighted by Gasteiger charge is 2.46. The number of hydrogen-bond donors (Lipinski definition) is 2. The van der Waals surface area contributed by atoms with Crippen LogP contribution in [0.2, 0.25) is 0 Å². The van der Waals surface area contributed by atoms with E-state index in [0.29, 0.717) is 10.6 Å². The number of carbonyl (C=O) groups is 1. The minimum absolute atomic E-state index is 0.224. The van der Waals surface area contributed by atoms with E-state index in [9.17, 15) is 13.2 Å². The average Bonchev–Trinajstić information content (AvgIpc) is 2.48. The Morgan fingerprint density at radius 1 is 1.59 bits per heavy atom. The summed E-state index contributed by atoms with van der Waals surface area (Å²) in [5.74, 6) is 0. The summed E-state index contributed by atoms with van der Waals surface area (Å²) in [4.78, 5) is 13.1. The first kappa shape index (κ1) is 12.3. The second-order valence-electron chi connectivity index (χ2n) is 3.94. The minimum atomic E-state index is -4.74. The normalized spacial score (nSPS) is 28.6. The molecule has 8 nitrogen and oxygen atoms in total. The third-order valence-corrected chi connectivity index (χ3v) is 3.18. The van der Waals surface area contributed by atoms with Crippen molar-refractivity contribution in [3.63, 3.8) is 0 Å².